The molecule has 1 aliphatic rings. The number of rotatable bonds is 6. The quantitative estimate of drug-likeness (QED) is 0.697. The molecule has 140 valence electrons. The van der Waals surface area contributed by atoms with Crippen molar-refractivity contribution in [3.63, 3.8) is 0 Å². The number of carbonyl (C=O) groups is 1. The Balaban J connectivity index is 1.70. The Morgan fingerprint density at radius 1 is 1.31 bits per heavy atom. The maximum Gasteiger partial charge on any atom is 0.271 e. The van der Waals surface area contributed by atoms with E-state index in [2.05, 4.69) is 10.0 Å². The van der Waals surface area contributed by atoms with Crippen molar-refractivity contribution in [3.05, 3.63) is 41.5 Å². The number of hydrogen-bond donors (Lipinski definition) is 3. The fourth-order valence-corrected chi connectivity index (χ4v) is 5.11. The predicted molar refractivity (Wildman–Crippen MR) is 100 cm³/mol. The van der Waals surface area contributed by atoms with Gasteiger partial charge in [-0.3, -0.25) is 9.52 Å². The first-order chi connectivity index (χ1) is 12.3. The molecule has 0 radical (unpaired) electrons. The molecule has 9 heteroatoms. The lowest BCUT2D eigenvalue weighted by molar-refractivity contribution is -0.117. The summed E-state index contributed by atoms with van der Waals surface area (Å²) >= 11 is 1.03. The van der Waals surface area contributed by atoms with Crippen LogP contribution >= 0.6 is 11.3 Å². The highest BCUT2D eigenvalue weighted by Crippen LogP contribution is 2.28. The van der Waals surface area contributed by atoms with Crippen molar-refractivity contribution in [1.29, 1.82) is 0 Å². The Labute approximate surface area is 155 Å². The second-order valence-corrected chi connectivity index (χ2v) is 9.20. The summed E-state index contributed by atoms with van der Waals surface area (Å²) in [4.78, 5) is 12.2. The summed E-state index contributed by atoms with van der Waals surface area (Å²) in [7, 11) is -3.86. The number of nitrogens with two attached hydrogens (primary N) is 1. The van der Waals surface area contributed by atoms with Crippen molar-refractivity contribution in [2.45, 2.75) is 35.9 Å². The van der Waals surface area contributed by atoms with Gasteiger partial charge in [0.2, 0.25) is 5.91 Å². The lowest BCUT2D eigenvalue weighted by Crippen LogP contribution is -2.28. The van der Waals surface area contributed by atoms with Gasteiger partial charge in [-0.25, -0.2) is 12.8 Å². The zero-order valence-corrected chi connectivity index (χ0v) is 15.6. The Morgan fingerprint density at radius 3 is 2.77 bits per heavy atom. The van der Waals surface area contributed by atoms with Crippen molar-refractivity contribution in [2.75, 3.05) is 10.0 Å². The van der Waals surface area contributed by atoms with Gasteiger partial charge in [0.25, 0.3) is 10.0 Å². The molecule has 0 unspecified atom stereocenters. The first-order valence-corrected chi connectivity index (χ1v) is 10.6. The minimum Gasteiger partial charge on any atom is -0.327 e. The van der Waals surface area contributed by atoms with Gasteiger partial charge in [0.05, 0.1) is 5.69 Å². The van der Waals surface area contributed by atoms with Crippen LogP contribution in [0.4, 0.5) is 15.8 Å². The average Bonchev–Trinajstić information content (AvgIpc) is 3.23. The lowest BCUT2D eigenvalue weighted by atomic mass is 10.00. The van der Waals surface area contributed by atoms with Crippen molar-refractivity contribution >= 4 is 38.6 Å². The highest BCUT2D eigenvalue weighted by atomic mass is 32.2. The van der Waals surface area contributed by atoms with Gasteiger partial charge < -0.3 is 11.1 Å². The lowest BCUT2D eigenvalue weighted by Gasteiger charge is -2.15. The Kier molecular flexibility index (Phi) is 5.59. The zero-order chi connectivity index (χ0) is 18.7. The van der Waals surface area contributed by atoms with Crippen LogP contribution in [0.2, 0.25) is 0 Å². The van der Waals surface area contributed by atoms with E-state index in [1.54, 1.807) is 11.4 Å². The van der Waals surface area contributed by atoms with Crippen molar-refractivity contribution in [2.24, 2.45) is 11.7 Å². The van der Waals surface area contributed by atoms with E-state index in [0.717, 1.165) is 36.7 Å². The smallest absolute Gasteiger partial charge is 0.271 e. The van der Waals surface area contributed by atoms with Crippen LogP contribution in [0.25, 0.3) is 0 Å². The second-order valence-electron chi connectivity index (χ2n) is 6.34. The van der Waals surface area contributed by atoms with E-state index in [1.165, 1.54) is 18.2 Å². The van der Waals surface area contributed by atoms with Crippen LogP contribution in [0.15, 0.2) is 39.9 Å². The third-order valence-electron chi connectivity index (χ3n) is 4.42. The highest BCUT2D eigenvalue weighted by Gasteiger charge is 2.26. The van der Waals surface area contributed by atoms with Crippen molar-refractivity contribution in [3.8, 4) is 0 Å². The van der Waals surface area contributed by atoms with Crippen molar-refractivity contribution in [1.82, 2.24) is 0 Å². The molecule has 1 aliphatic carbocycles. The highest BCUT2D eigenvalue weighted by molar-refractivity contribution is 7.94. The van der Waals surface area contributed by atoms with E-state index in [4.69, 9.17) is 5.73 Å². The zero-order valence-electron chi connectivity index (χ0n) is 13.9. The van der Waals surface area contributed by atoms with Crippen LogP contribution in [0, 0.1) is 11.7 Å². The molecule has 1 heterocycles. The largest absolute Gasteiger partial charge is 0.327 e. The molecule has 1 saturated carbocycles. The van der Waals surface area contributed by atoms with E-state index < -0.39 is 15.8 Å². The molecule has 1 amide bonds. The number of carbonyl (C=O) groups excluding carboxylic acids is 1. The van der Waals surface area contributed by atoms with Gasteiger partial charge in [-0.15, -0.1) is 11.3 Å². The summed E-state index contributed by atoms with van der Waals surface area (Å²) in [6, 6.07) is 6.84. The molecule has 26 heavy (non-hydrogen) atoms. The first-order valence-electron chi connectivity index (χ1n) is 8.26. The molecule has 6 nitrogen and oxygen atoms in total. The number of thiophene rings is 1. The Hall–Kier alpha value is -1.97. The van der Waals surface area contributed by atoms with Gasteiger partial charge in [-0.1, -0.05) is 12.5 Å². The average molecular weight is 397 g/mol. The number of benzene rings is 1. The maximum absolute atomic E-state index is 14.0. The monoisotopic (exact) mass is 397 g/mol. The summed E-state index contributed by atoms with van der Waals surface area (Å²) in [6.45, 7) is 0. The number of nitrogens with one attached hydrogen (secondary N) is 2. The summed E-state index contributed by atoms with van der Waals surface area (Å²) in [5, 5.41) is 4.30. The van der Waals surface area contributed by atoms with Gasteiger partial charge in [0, 0.05) is 18.2 Å². The van der Waals surface area contributed by atoms with E-state index in [0.29, 0.717) is 12.1 Å². The SMILES string of the molecule is N[C@@H]1CCC[C@H]1CC(=O)Nc1ccc(F)c(NS(=O)(=O)c2cccs2)c1. The van der Waals surface area contributed by atoms with Crippen LogP contribution in [0.3, 0.4) is 0 Å². The number of hydrogen-bond acceptors (Lipinski definition) is 5. The van der Waals surface area contributed by atoms with Gasteiger partial charge in [0.15, 0.2) is 0 Å². The van der Waals surface area contributed by atoms with E-state index >= 15 is 0 Å². The van der Waals surface area contributed by atoms with E-state index in [9.17, 15) is 17.6 Å². The minimum atomic E-state index is -3.86. The van der Waals surface area contributed by atoms with Gasteiger partial charge in [-0.2, -0.15) is 0 Å². The first kappa shape index (κ1) is 18.8. The molecule has 0 bridgehead atoms. The third kappa shape index (κ3) is 4.40. The van der Waals surface area contributed by atoms with Gasteiger partial charge in [0.1, 0.15) is 10.0 Å². The summed E-state index contributed by atoms with van der Waals surface area (Å²) < 4.78 is 40.8. The van der Waals surface area contributed by atoms with Crippen molar-refractivity contribution < 1.29 is 17.6 Å². The van der Waals surface area contributed by atoms with Crippen LogP contribution in [0.5, 0.6) is 0 Å². The maximum atomic E-state index is 14.0. The molecule has 3 rings (SSSR count). The molecule has 2 aromatic rings. The topological polar surface area (TPSA) is 101 Å². The van der Waals surface area contributed by atoms with Crippen LogP contribution in [0.1, 0.15) is 25.7 Å². The van der Waals surface area contributed by atoms with E-state index in [-0.39, 0.29) is 27.8 Å². The number of sulfonamides is 1. The summed E-state index contributed by atoms with van der Waals surface area (Å²) in [5.74, 6) is -0.792. The van der Waals surface area contributed by atoms with Crippen LogP contribution in [-0.4, -0.2) is 20.4 Å². The molecule has 1 aromatic heterocycles. The molecule has 0 aliphatic heterocycles. The molecule has 0 spiro atoms. The van der Waals surface area contributed by atoms with Crippen LogP contribution in [-0.2, 0) is 14.8 Å². The number of halogens is 1. The molecule has 1 fully saturated rings. The predicted octanol–water partition coefficient (Wildman–Crippen LogP) is 3.14. The molecule has 0 saturated heterocycles. The Bertz CT molecular complexity index is 885. The molecule has 2 atom stereocenters. The normalized spacial score (nSPS) is 20.1. The fourth-order valence-electron chi connectivity index (χ4n) is 3.06. The Morgan fingerprint density at radius 2 is 2.12 bits per heavy atom. The summed E-state index contributed by atoms with van der Waals surface area (Å²) in [6.07, 6.45) is 3.16. The molecule has 4 N–H and O–H groups in total. The fraction of sp³-hybridized carbons (Fsp3) is 0.353. The van der Waals surface area contributed by atoms with Gasteiger partial charge in [-0.05, 0) is 48.4 Å². The molecular weight excluding hydrogens is 377 g/mol. The molecular formula is C17H20FN3O3S2. The number of anilines is 2. The third-order valence-corrected chi connectivity index (χ3v) is 7.18. The number of amides is 1. The van der Waals surface area contributed by atoms with Gasteiger partial charge >= 0.3 is 0 Å². The standard InChI is InChI=1S/C17H20FN3O3S2/c18-13-7-6-12(20-16(22)9-11-3-1-4-14(11)19)10-15(13)21-26(23,24)17-5-2-8-25-17/h2,5-8,10-11,14,21H,1,3-4,9,19H2,(H,20,22)/t11-,14+/m0/s1. The summed E-state index contributed by atoms with van der Waals surface area (Å²) in [5.41, 5.74) is 6.09. The van der Waals surface area contributed by atoms with E-state index in [1.807, 2.05) is 0 Å². The minimum absolute atomic E-state index is 0.0298. The van der Waals surface area contributed by atoms with Crippen LogP contribution < -0.4 is 15.8 Å². The second kappa shape index (κ2) is 7.73. The molecule has 1 aromatic carbocycles.